The SMILES string of the molecule is O=c1[nH]c(C2CCCC(F)(F)C2)nc2scc(-c3cccs3)c12. The number of hydrogen-bond acceptors (Lipinski definition) is 4. The average molecular weight is 352 g/mol. The molecular formula is C16H14F2N2OS2. The molecule has 1 atom stereocenters. The fourth-order valence-electron chi connectivity index (χ4n) is 3.18. The molecule has 7 heteroatoms. The summed E-state index contributed by atoms with van der Waals surface area (Å²) in [7, 11) is 0. The van der Waals surface area contributed by atoms with Crippen molar-refractivity contribution in [2.45, 2.75) is 37.5 Å². The van der Waals surface area contributed by atoms with Crippen molar-refractivity contribution < 1.29 is 8.78 Å². The van der Waals surface area contributed by atoms with Gasteiger partial charge in [-0.2, -0.15) is 0 Å². The van der Waals surface area contributed by atoms with Crippen LogP contribution in [0, 0.1) is 0 Å². The fraction of sp³-hybridized carbons (Fsp3) is 0.375. The van der Waals surface area contributed by atoms with Crippen LogP contribution in [-0.4, -0.2) is 15.9 Å². The van der Waals surface area contributed by atoms with Crippen LogP contribution in [0.5, 0.6) is 0 Å². The molecule has 4 rings (SSSR count). The molecule has 0 bridgehead atoms. The summed E-state index contributed by atoms with van der Waals surface area (Å²) in [5.74, 6) is -2.63. The highest BCUT2D eigenvalue weighted by Crippen LogP contribution is 2.41. The van der Waals surface area contributed by atoms with E-state index in [1.807, 2.05) is 22.9 Å². The van der Waals surface area contributed by atoms with Crippen LogP contribution in [0.2, 0.25) is 0 Å². The molecule has 0 saturated heterocycles. The standard InChI is InChI=1S/C16H14F2N2OS2/c17-16(18)5-1-3-9(7-16)13-19-14(21)12-10(8-23-15(12)20-13)11-4-2-6-22-11/h2,4,6,8-9H,1,3,5,7H2,(H,19,20,21). The van der Waals surface area contributed by atoms with Crippen LogP contribution in [0.4, 0.5) is 8.78 Å². The molecule has 1 aliphatic rings. The van der Waals surface area contributed by atoms with Gasteiger partial charge in [-0.25, -0.2) is 13.8 Å². The van der Waals surface area contributed by atoms with Gasteiger partial charge in [-0.05, 0) is 24.3 Å². The first kappa shape index (κ1) is 15.0. The van der Waals surface area contributed by atoms with Crippen molar-refractivity contribution in [3.05, 3.63) is 39.1 Å². The van der Waals surface area contributed by atoms with Crippen LogP contribution in [0.1, 0.15) is 37.4 Å². The van der Waals surface area contributed by atoms with Gasteiger partial charge in [0.15, 0.2) is 0 Å². The number of thiophene rings is 2. The van der Waals surface area contributed by atoms with E-state index in [9.17, 15) is 13.6 Å². The summed E-state index contributed by atoms with van der Waals surface area (Å²) in [5.41, 5.74) is 0.637. The van der Waals surface area contributed by atoms with Gasteiger partial charge in [0, 0.05) is 34.6 Å². The minimum atomic E-state index is -2.66. The third kappa shape index (κ3) is 2.72. The Morgan fingerprint density at radius 3 is 2.96 bits per heavy atom. The van der Waals surface area contributed by atoms with Crippen LogP contribution < -0.4 is 5.56 Å². The number of aromatic amines is 1. The van der Waals surface area contributed by atoms with Crippen LogP contribution >= 0.6 is 22.7 Å². The van der Waals surface area contributed by atoms with E-state index in [-0.39, 0.29) is 24.3 Å². The molecule has 1 fully saturated rings. The molecule has 1 unspecified atom stereocenters. The molecule has 1 saturated carbocycles. The molecule has 23 heavy (non-hydrogen) atoms. The van der Waals surface area contributed by atoms with Crippen LogP contribution in [0.25, 0.3) is 20.7 Å². The second-order valence-electron chi connectivity index (χ2n) is 5.91. The largest absolute Gasteiger partial charge is 0.310 e. The lowest BCUT2D eigenvalue weighted by Gasteiger charge is -2.28. The van der Waals surface area contributed by atoms with Crippen molar-refractivity contribution in [2.24, 2.45) is 0 Å². The first-order chi connectivity index (χ1) is 11.0. The third-order valence-corrected chi connectivity index (χ3v) is 6.05. The molecule has 0 aromatic carbocycles. The predicted octanol–water partition coefficient (Wildman–Crippen LogP) is 5.01. The summed E-state index contributed by atoms with van der Waals surface area (Å²) in [4.78, 5) is 21.4. The van der Waals surface area contributed by atoms with E-state index in [1.54, 1.807) is 11.3 Å². The Labute approximate surface area is 139 Å². The van der Waals surface area contributed by atoms with Gasteiger partial charge in [0.1, 0.15) is 10.7 Å². The zero-order valence-corrected chi connectivity index (χ0v) is 13.8. The van der Waals surface area contributed by atoms with E-state index < -0.39 is 5.92 Å². The highest BCUT2D eigenvalue weighted by Gasteiger charge is 2.38. The van der Waals surface area contributed by atoms with Crippen molar-refractivity contribution in [1.29, 1.82) is 0 Å². The van der Waals surface area contributed by atoms with Crippen LogP contribution in [0.15, 0.2) is 27.7 Å². The lowest BCUT2D eigenvalue weighted by atomic mass is 9.86. The summed E-state index contributed by atoms with van der Waals surface area (Å²) in [6.07, 6.45) is 0.805. The van der Waals surface area contributed by atoms with Gasteiger partial charge >= 0.3 is 0 Å². The van der Waals surface area contributed by atoms with Crippen molar-refractivity contribution in [3.63, 3.8) is 0 Å². The number of halogens is 2. The fourth-order valence-corrected chi connectivity index (χ4v) is 4.95. The maximum atomic E-state index is 13.6. The van der Waals surface area contributed by atoms with E-state index in [0.717, 1.165) is 10.4 Å². The number of nitrogens with one attached hydrogen (secondary N) is 1. The third-order valence-electron chi connectivity index (χ3n) is 4.28. The molecule has 0 aliphatic heterocycles. The molecule has 1 aliphatic carbocycles. The summed E-state index contributed by atoms with van der Waals surface area (Å²) in [6, 6.07) is 3.89. The van der Waals surface area contributed by atoms with E-state index >= 15 is 0 Å². The number of alkyl halides is 2. The number of fused-ring (bicyclic) bond motifs is 1. The zero-order chi connectivity index (χ0) is 16.0. The highest BCUT2D eigenvalue weighted by molar-refractivity contribution is 7.18. The lowest BCUT2D eigenvalue weighted by Crippen LogP contribution is -2.27. The first-order valence-corrected chi connectivity index (χ1v) is 9.22. The number of aromatic nitrogens is 2. The summed E-state index contributed by atoms with van der Waals surface area (Å²) < 4.78 is 27.3. The maximum absolute atomic E-state index is 13.6. The summed E-state index contributed by atoms with van der Waals surface area (Å²) in [6.45, 7) is 0. The first-order valence-electron chi connectivity index (χ1n) is 7.47. The van der Waals surface area contributed by atoms with Crippen LogP contribution in [-0.2, 0) is 0 Å². The monoisotopic (exact) mass is 352 g/mol. The number of hydrogen-bond donors (Lipinski definition) is 1. The van der Waals surface area contributed by atoms with Crippen molar-refractivity contribution in [3.8, 4) is 10.4 Å². The molecule has 3 aromatic rings. The Balaban J connectivity index is 1.79. The Bertz CT molecular complexity index is 899. The molecule has 3 aromatic heterocycles. The van der Waals surface area contributed by atoms with Gasteiger partial charge in [0.2, 0.25) is 5.92 Å². The van der Waals surface area contributed by atoms with Gasteiger partial charge in [-0.3, -0.25) is 4.79 Å². The highest BCUT2D eigenvalue weighted by atomic mass is 32.1. The van der Waals surface area contributed by atoms with Crippen molar-refractivity contribution >= 4 is 32.9 Å². The van der Waals surface area contributed by atoms with Gasteiger partial charge < -0.3 is 4.98 Å². The van der Waals surface area contributed by atoms with E-state index in [0.29, 0.717) is 28.9 Å². The molecule has 0 spiro atoms. The summed E-state index contributed by atoms with van der Waals surface area (Å²) >= 11 is 2.96. The van der Waals surface area contributed by atoms with Gasteiger partial charge in [-0.15, -0.1) is 22.7 Å². The molecule has 3 nitrogen and oxygen atoms in total. The van der Waals surface area contributed by atoms with E-state index in [2.05, 4.69) is 9.97 Å². The topological polar surface area (TPSA) is 45.8 Å². The predicted molar refractivity (Wildman–Crippen MR) is 89.7 cm³/mol. The average Bonchev–Trinajstić information content (AvgIpc) is 3.14. The number of nitrogens with zero attached hydrogens (tertiary/aromatic N) is 1. The molecule has 1 N–H and O–H groups in total. The Morgan fingerprint density at radius 2 is 2.22 bits per heavy atom. The Morgan fingerprint density at radius 1 is 1.35 bits per heavy atom. The molecule has 0 amide bonds. The second kappa shape index (κ2) is 5.49. The normalized spacial score (nSPS) is 20.9. The van der Waals surface area contributed by atoms with Crippen LogP contribution in [0.3, 0.4) is 0 Å². The van der Waals surface area contributed by atoms with Crippen molar-refractivity contribution in [2.75, 3.05) is 0 Å². The molecular weight excluding hydrogens is 338 g/mol. The Hall–Kier alpha value is -1.60. The quantitative estimate of drug-likeness (QED) is 0.705. The van der Waals surface area contributed by atoms with Gasteiger partial charge in [0.05, 0.1) is 5.39 Å². The molecule has 0 radical (unpaired) electrons. The Kier molecular flexibility index (Phi) is 3.57. The van der Waals surface area contributed by atoms with Gasteiger partial charge in [-0.1, -0.05) is 6.07 Å². The molecule has 3 heterocycles. The number of rotatable bonds is 2. The van der Waals surface area contributed by atoms with Gasteiger partial charge in [0.25, 0.3) is 5.56 Å². The van der Waals surface area contributed by atoms with E-state index in [1.165, 1.54) is 11.3 Å². The molecule has 120 valence electrons. The minimum Gasteiger partial charge on any atom is -0.310 e. The lowest BCUT2D eigenvalue weighted by molar-refractivity contribution is -0.0417. The summed E-state index contributed by atoms with van der Waals surface area (Å²) in [5, 5.41) is 4.43. The minimum absolute atomic E-state index is 0.0719. The second-order valence-corrected chi connectivity index (χ2v) is 7.71. The smallest absolute Gasteiger partial charge is 0.260 e. The number of H-pyrrole nitrogens is 1. The van der Waals surface area contributed by atoms with E-state index in [4.69, 9.17) is 0 Å². The maximum Gasteiger partial charge on any atom is 0.260 e. The van der Waals surface area contributed by atoms with Crippen molar-refractivity contribution in [1.82, 2.24) is 9.97 Å². The zero-order valence-electron chi connectivity index (χ0n) is 12.1.